The molecule has 2 aromatic rings. The van der Waals surface area contributed by atoms with E-state index in [1.165, 1.54) is 12.3 Å². The number of nitrogens with one attached hydrogen (secondary N) is 1. The summed E-state index contributed by atoms with van der Waals surface area (Å²) in [6.07, 6.45) is 2.20. The number of hydrogen-bond donors (Lipinski definition) is 2. The number of carboxylic acids is 1. The van der Waals surface area contributed by atoms with Crippen LogP contribution in [0.25, 0.3) is 0 Å². The molecular weight excluding hydrogens is 308 g/mol. The third-order valence-corrected chi connectivity index (χ3v) is 3.15. The van der Waals surface area contributed by atoms with Crippen molar-refractivity contribution in [2.45, 2.75) is 6.42 Å². The van der Waals surface area contributed by atoms with Crippen molar-refractivity contribution >= 4 is 27.6 Å². The fourth-order valence-electron chi connectivity index (χ4n) is 1.65. The van der Waals surface area contributed by atoms with Gasteiger partial charge in [-0.1, -0.05) is 15.9 Å². The van der Waals surface area contributed by atoms with Crippen LogP contribution in [0.4, 0.5) is 5.69 Å². The third kappa shape index (κ3) is 4.06. The Morgan fingerprint density at radius 3 is 2.68 bits per heavy atom. The van der Waals surface area contributed by atoms with Gasteiger partial charge in [-0.05, 0) is 36.4 Å². The van der Waals surface area contributed by atoms with Crippen molar-refractivity contribution in [3.05, 3.63) is 58.3 Å². The molecule has 0 aliphatic carbocycles. The van der Waals surface area contributed by atoms with Crippen molar-refractivity contribution in [3.63, 3.8) is 0 Å². The Balaban J connectivity index is 1.90. The summed E-state index contributed by atoms with van der Waals surface area (Å²) in [4.78, 5) is 15.0. The normalized spacial score (nSPS) is 10.2. The van der Waals surface area contributed by atoms with Crippen molar-refractivity contribution in [3.8, 4) is 0 Å². The van der Waals surface area contributed by atoms with E-state index in [1.54, 1.807) is 6.07 Å². The Kier molecular flexibility index (Phi) is 4.52. The standard InChI is InChI=1S/C14H13BrN2O2/c15-11-1-3-12(4-2-11)16-8-6-13-9-10(14(18)19)5-7-17-13/h1-5,7,9,16H,6,8H2,(H,18,19). The minimum absolute atomic E-state index is 0.272. The molecule has 1 aromatic heterocycles. The summed E-state index contributed by atoms with van der Waals surface area (Å²) in [7, 11) is 0. The largest absolute Gasteiger partial charge is 0.478 e. The Morgan fingerprint density at radius 1 is 1.26 bits per heavy atom. The van der Waals surface area contributed by atoms with E-state index < -0.39 is 5.97 Å². The quantitative estimate of drug-likeness (QED) is 0.888. The van der Waals surface area contributed by atoms with E-state index in [-0.39, 0.29) is 5.56 Å². The summed E-state index contributed by atoms with van der Waals surface area (Å²) in [5.41, 5.74) is 2.07. The van der Waals surface area contributed by atoms with Crippen LogP contribution in [0.3, 0.4) is 0 Å². The summed E-state index contributed by atoms with van der Waals surface area (Å²) in [5, 5.41) is 12.2. The average molecular weight is 321 g/mol. The van der Waals surface area contributed by atoms with E-state index in [9.17, 15) is 4.79 Å². The second-order valence-electron chi connectivity index (χ2n) is 4.02. The molecule has 0 fully saturated rings. The molecule has 5 heteroatoms. The molecule has 2 rings (SSSR count). The van der Waals surface area contributed by atoms with Crippen LogP contribution >= 0.6 is 15.9 Å². The van der Waals surface area contributed by atoms with Gasteiger partial charge in [0.15, 0.2) is 0 Å². The monoisotopic (exact) mass is 320 g/mol. The molecular formula is C14H13BrN2O2. The van der Waals surface area contributed by atoms with Crippen molar-refractivity contribution < 1.29 is 9.90 Å². The number of aromatic carboxylic acids is 1. The lowest BCUT2D eigenvalue weighted by molar-refractivity contribution is 0.0696. The lowest BCUT2D eigenvalue weighted by Crippen LogP contribution is -2.07. The molecule has 0 atom stereocenters. The zero-order valence-corrected chi connectivity index (χ0v) is 11.7. The van der Waals surface area contributed by atoms with E-state index in [0.717, 1.165) is 15.9 Å². The van der Waals surface area contributed by atoms with E-state index >= 15 is 0 Å². The van der Waals surface area contributed by atoms with Crippen LogP contribution in [0.1, 0.15) is 16.1 Å². The first kappa shape index (κ1) is 13.5. The predicted molar refractivity (Wildman–Crippen MR) is 77.5 cm³/mol. The Hall–Kier alpha value is -1.88. The van der Waals surface area contributed by atoms with E-state index in [0.29, 0.717) is 13.0 Å². The first-order valence-electron chi connectivity index (χ1n) is 5.83. The second kappa shape index (κ2) is 6.33. The Bertz CT molecular complexity index is 570. The molecule has 1 heterocycles. The zero-order valence-electron chi connectivity index (χ0n) is 10.1. The Labute approximate surface area is 119 Å². The number of nitrogens with zero attached hydrogens (tertiary/aromatic N) is 1. The Morgan fingerprint density at radius 2 is 2.00 bits per heavy atom. The maximum atomic E-state index is 10.8. The number of aromatic nitrogens is 1. The van der Waals surface area contributed by atoms with Crippen LogP contribution in [-0.2, 0) is 6.42 Å². The highest BCUT2D eigenvalue weighted by Crippen LogP contribution is 2.14. The van der Waals surface area contributed by atoms with E-state index in [2.05, 4.69) is 26.2 Å². The fraction of sp³-hybridized carbons (Fsp3) is 0.143. The number of hydrogen-bond acceptors (Lipinski definition) is 3. The summed E-state index contributed by atoms with van der Waals surface area (Å²) in [6, 6.07) is 11.0. The van der Waals surface area contributed by atoms with Gasteiger partial charge in [0.05, 0.1) is 5.56 Å². The van der Waals surface area contributed by atoms with Crippen LogP contribution in [0.15, 0.2) is 47.1 Å². The molecule has 0 spiro atoms. The first-order chi connectivity index (χ1) is 9.15. The molecule has 4 nitrogen and oxygen atoms in total. The highest BCUT2D eigenvalue weighted by atomic mass is 79.9. The maximum Gasteiger partial charge on any atom is 0.335 e. The van der Waals surface area contributed by atoms with E-state index in [4.69, 9.17) is 5.11 Å². The number of halogens is 1. The van der Waals surface area contributed by atoms with E-state index in [1.807, 2.05) is 24.3 Å². The average Bonchev–Trinajstić information content (AvgIpc) is 2.41. The molecule has 0 saturated carbocycles. The van der Waals surface area contributed by atoms with Gasteiger partial charge in [0.2, 0.25) is 0 Å². The highest BCUT2D eigenvalue weighted by molar-refractivity contribution is 9.10. The molecule has 0 saturated heterocycles. The molecule has 0 radical (unpaired) electrons. The van der Waals surface area contributed by atoms with Gasteiger partial charge in [-0.3, -0.25) is 4.98 Å². The van der Waals surface area contributed by atoms with Crippen LogP contribution < -0.4 is 5.32 Å². The molecule has 0 bridgehead atoms. The number of benzene rings is 1. The molecule has 1 aromatic carbocycles. The van der Waals surface area contributed by atoms with Gasteiger partial charge in [-0.25, -0.2) is 4.79 Å². The third-order valence-electron chi connectivity index (χ3n) is 2.62. The van der Waals surface area contributed by atoms with Crippen molar-refractivity contribution in [1.29, 1.82) is 0 Å². The van der Waals surface area contributed by atoms with Crippen LogP contribution in [0.2, 0.25) is 0 Å². The fourth-order valence-corrected chi connectivity index (χ4v) is 1.91. The summed E-state index contributed by atoms with van der Waals surface area (Å²) >= 11 is 3.38. The lowest BCUT2D eigenvalue weighted by atomic mass is 10.2. The van der Waals surface area contributed by atoms with Crippen molar-refractivity contribution in [1.82, 2.24) is 4.98 Å². The SMILES string of the molecule is O=C(O)c1ccnc(CCNc2ccc(Br)cc2)c1. The van der Waals surface area contributed by atoms with Crippen molar-refractivity contribution in [2.75, 3.05) is 11.9 Å². The van der Waals surface area contributed by atoms with Crippen LogP contribution in [-0.4, -0.2) is 22.6 Å². The molecule has 98 valence electrons. The molecule has 0 unspecified atom stereocenters. The van der Waals surface area contributed by atoms with Gasteiger partial charge >= 0.3 is 5.97 Å². The smallest absolute Gasteiger partial charge is 0.335 e. The number of anilines is 1. The molecule has 0 aliphatic heterocycles. The molecule has 0 amide bonds. The van der Waals surface area contributed by atoms with Gasteiger partial charge in [-0.15, -0.1) is 0 Å². The number of carbonyl (C=O) groups is 1. The lowest BCUT2D eigenvalue weighted by Gasteiger charge is -2.06. The minimum atomic E-state index is -0.926. The predicted octanol–water partition coefficient (Wildman–Crippen LogP) is 3.20. The number of pyridine rings is 1. The maximum absolute atomic E-state index is 10.8. The molecule has 2 N–H and O–H groups in total. The second-order valence-corrected chi connectivity index (χ2v) is 4.94. The summed E-state index contributed by atoms with van der Waals surface area (Å²) < 4.78 is 1.04. The van der Waals surface area contributed by atoms with Gasteiger partial charge in [-0.2, -0.15) is 0 Å². The van der Waals surface area contributed by atoms with Gasteiger partial charge < -0.3 is 10.4 Å². The van der Waals surface area contributed by atoms with Crippen LogP contribution in [0.5, 0.6) is 0 Å². The highest BCUT2D eigenvalue weighted by Gasteiger charge is 2.03. The van der Waals surface area contributed by atoms with Gasteiger partial charge in [0.25, 0.3) is 0 Å². The topological polar surface area (TPSA) is 62.2 Å². The number of carboxylic acid groups (broad SMARTS) is 1. The minimum Gasteiger partial charge on any atom is -0.478 e. The molecule has 0 aliphatic rings. The summed E-state index contributed by atoms with van der Waals surface area (Å²) in [5.74, 6) is -0.926. The zero-order chi connectivity index (χ0) is 13.7. The first-order valence-corrected chi connectivity index (χ1v) is 6.62. The summed E-state index contributed by atoms with van der Waals surface area (Å²) in [6.45, 7) is 0.706. The van der Waals surface area contributed by atoms with Crippen LogP contribution in [0, 0.1) is 0 Å². The number of rotatable bonds is 5. The molecule has 19 heavy (non-hydrogen) atoms. The van der Waals surface area contributed by atoms with Crippen molar-refractivity contribution in [2.24, 2.45) is 0 Å². The van der Waals surface area contributed by atoms with Gasteiger partial charge in [0, 0.05) is 35.0 Å². The van der Waals surface area contributed by atoms with Gasteiger partial charge in [0.1, 0.15) is 0 Å².